The molecule has 0 atom stereocenters. The first-order chi connectivity index (χ1) is 37.0. The average molecular weight is 1100 g/mol. The molecular formula is C60H60N9O6P3. The number of hydrogen-bond donors (Lipinski definition) is 6. The molecule has 18 heteroatoms. The van der Waals surface area contributed by atoms with Gasteiger partial charge in [-0.15, -0.1) is 0 Å². The molecule has 7 rings (SSSR count). The van der Waals surface area contributed by atoms with Crippen LogP contribution in [0.4, 0.5) is 34.1 Å². The molecular weight excluding hydrogens is 1040 g/mol. The van der Waals surface area contributed by atoms with Crippen molar-refractivity contribution in [3.63, 3.8) is 0 Å². The van der Waals surface area contributed by atoms with E-state index in [4.69, 9.17) is 13.5 Å². The van der Waals surface area contributed by atoms with E-state index < -0.39 is 57.1 Å². The van der Waals surface area contributed by atoms with Crippen LogP contribution in [0.2, 0.25) is 0 Å². The minimum Gasteiger partial charge on any atom is -0.322 e. The van der Waals surface area contributed by atoms with Crippen molar-refractivity contribution in [2.24, 2.45) is 13.5 Å². The van der Waals surface area contributed by atoms with Crippen LogP contribution in [0.1, 0.15) is 41.5 Å². The fourth-order valence-electron chi connectivity index (χ4n) is 8.06. The van der Waals surface area contributed by atoms with Crippen LogP contribution in [0, 0.1) is 0 Å². The van der Waals surface area contributed by atoms with Crippen LogP contribution in [-0.4, -0.2) is 35.4 Å². The summed E-state index contributed by atoms with van der Waals surface area (Å²) < 4.78 is 18.8. The van der Waals surface area contributed by atoms with Crippen molar-refractivity contribution in [1.82, 2.24) is 0 Å². The topological polar surface area (TPSA) is 212 Å². The Morgan fingerprint density at radius 1 is 0.269 bits per heavy atom. The zero-order chi connectivity index (χ0) is 56.7. The van der Waals surface area contributed by atoms with Gasteiger partial charge in [-0.3, -0.25) is 28.8 Å². The molecule has 6 amide bonds. The molecule has 1 heterocycles. The summed E-state index contributed by atoms with van der Waals surface area (Å²) in [4.78, 5) is 84.6. The zero-order valence-corrected chi connectivity index (χ0v) is 46.9. The number of rotatable bonds is 18. The van der Waals surface area contributed by atoms with Crippen molar-refractivity contribution < 1.29 is 28.8 Å². The first-order valence-corrected chi connectivity index (χ1v) is 29.4. The van der Waals surface area contributed by atoms with E-state index in [2.05, 4.69) is 71.4 Å². The maximum absolute atomic E-state index is 14.1. The van der Waals surface area contributed by atoms with E-state index in [-0.39, 0.29) is 67.6 Å². The number of para-hydroxylation sites is 6. The van der Waals surface area contributed by atoms with Crippen molar-refractivity contribution >= 4 is 123 Å². The molecule has 0 saturated heterocycles. The van der Waals surface area contributed by atoms with Crippen LogP contribution >= 0.6 is 21.6 Å². The Bertz CT molecular complexity index is 3170. The lowest BCUT2D eigenvalue weighted by molar-refractivity contribution is -0.113. The minimum atomic E-state index is -4.30. The fraction of sp³-hybridized carbons (Fsp3) is 0.100. The molecule has 396 valence electrons. The Morgan fingerprint density at radius 2 is 0.397 bits per heavy atom. The number of carbonyl (C=O) groups excluding carboxylic acids is 6. The van der Waals surface area contributed by atoms with Gasteiger partial charge < -0.3 is 31.9 Å². The summed E-state index contributed by atoms with van der Waals surface area (Å²) in [5, 5.41) is 20.8. The quantitative estimate of drug-likeness (QED) is 0.0364. The molecule has 1 aliphatic rings. The normalized spacial score (nSPS) is 13.5. The third-order valence-electron chi connectivity index (χ3n) is 12.0. The maximum Gasteiger partial charge on any atom is 0.250 e. The standard InChI is InChI=1S/C60H60N9O6P3/c1-37(2)55(70)61-43-25-13-19-31-49(43)76(50-32-20-14-26-44(50)62-56(71)38(3)4)67-77(51-33-21-15-27-45(51)63-57(72)39(5)6,52-34-22-16-28-46(52)64-58(73)40(7)8)69-78(68-76,53-35-23-17-29-47(53)65-59(74)41(9)10)54-36-24-18-30-48(54)66-60(75)42(11)12/h13-36H,1,3,5,7,9,11H2,2,4,6,8,10,12H3,(H,61,70)(H,62,71)(H,63,72)(H,64,73)(H,65,74)(H,66,75). The molecule has 6 N–H and O–H groups in total. The molecule has 0 aliphatic carbocycles. The van der Waals surface area contributed by atoms with E-state index in [1.807, 2.05) is 0 Å². The lowest BCUT2D eigenvalue weighted by atomic mass is 10.2. The first-order valence-electron chi connectivity index (χ1n) is 24.4. The van der Waals surface area contributed by atoms with Crippen LogP contribution in [0.3, 0.4) is 0 Å². The van der Waals surface area contributed by atoms with Crippen molar-refractivity contribution in [3.8, 4) is 0 Å². The van der Waals surface area contributed by atoms with Crippen molar-refractivity contribution in [1.29, 1.82) is 0 Å². The van der Waals surface area contributed by atoms with Crippen molar-refractivity contribution in [2.75, 3.05) is 31.9 Å². The molecule has 78 heavy (non-hydrogen) atoms. The van der Waals surface area contributed by atoms with Crippen LogP contribution < -0.4 is 63.7 Å². The Balaban J connectivity index is 1.98. The number of benzene rings is 6. The summed E-state index contributed by atoms with van der Waals surface area (Å²) >= 11 is 0. The molecule has 6 aromatic carbocycles. The molecule has 0 unspecified atom stereocenters. The van der Waals surface area contributed by atoms with Gasteiger partial charge in [-0.05, 0) is 114 Å². The monoisotopic (exact) mass is 1100 g/mol. The van der Waals surface area contributed by atoms with Crippen molar-refractivity contribution in [2.45, 2.75) is 41.5 Å². The van der Waals surface area contributed by atoms with Crippen LogP contribution in [-0.2, 0) is 28.8 Å². The Morgan fingerprint density at radius 3 is 0.526 bits per heavy atom. The van der Waals surface area contributed by atoms with Gasteiger partial charge in [0.1, 0.15) is 21.6 Å². The molecule has 0 spiro atoms. The third-order valence-corrected chi connectivity index (χ3v) is 24.6. The largest absolute Gasteiger partial charge is 0.322 e. The average Bonchev–Trinajstić information content (AvgIpc) is 2.54. The highest BCUT2D eigenvalue weighted by Gasteiger charge is 2.47. The molecule has 6 aromatic rings. The lowest BCUT2D eigenvalue weighted by Gasteiger charge is -2.40. The summed E-state index contributed by atoms with van der Waals surface area (Å²) in [5.41, 5.74) is 2.76. The lowest BCUT2D eigenvalue weighted by Crippen LogP contribution is -2.31. The molecule has 0 fully saturated rings. The van der Waals surface area contributed by atoms with Gasteiger partial charge in [0.05, 0.1) is 34.1 Å². The maximum atomic E-state index is 14.1. The summed E-state index contributed by atoms with van der Waals surface area (Å²) in [6, 6.07) is 42.3. The van der Waals surface area contributed by atoms with Gasteiger partial charge >= 0.3 is 0 Å². The highest BCUT2D eigenvalue weighted by molar-refractivity contribution is 8.00. The predicted molar refractivity (Wildman–Crippen MR) is 325 cm³/mol. The van der Waals surface area contributed by atoms with E-state index in [9.17, 15) is 28.8 Å². The second-order valence-corrected chi connectivity index (χ2v) is 27.2. The van der Waals surface area contributed by atoms with Gasteiger partial charge in [-0.25, -0.2) is 13.5 Å². The van der Waals surface area contributed by atoms with Gasteiger partial charge in [-0.1, -0.05) is 112 Å². The van der Waals surface area contributed by atoms with Gasteiger partial charge in [0.15, 0.2) is 0 Å². The Kier molecular flexibility index (Phi) is 17.3. The summed E-state index contributed by atoms with van der Waals surface area (Å²) in [6.45, 7) is 33.1. The second-order valence-electron chi connectivity index (χ2n) is 18.6. The van der Waals surface area contributed by atoms with E-state index in [0.29, 0.717) is 31.8 Å². The number of nitrogens with one attached hydrogen (secondary N) is 6. The molecule has 0 saturated carbocycles. The number of anilines is 6. The summed E-state index contributed by atoms with van der Waals surface area (Å²) in [5.74, 6) is -3.11. The molecule has 0 aromatic heterocycles. The third kappa shape index (κ3) is 11.6. The smallest absolute Gasteiger partial charge is 0.250 e. The minimum absolute atomic E-state index is 0.191. The van der Waals surface area contributed by atoms with E-state index >= 15 is 0 Å². The Hall–Kier alpha value is -8.73. The molecule has 1 aliphatic heterocycles. The number of carbonyl (C=O) groups is 6. The van der Waals surface area contributed by atoms with Crippen LogP contribution in [0.15, 0.2) is 232 Å². The van der Waals surface area contributed by atoms with E-state index in [1.54, 1.807) is 187 Å². The number of hydrogen-bond acceptors (Lipinski definition) is 9. The van der Waals surface area contributed by atoms with E-state index in [0.717, 1.165) is 0 Å². The molecule has 15 nitrogen and oxygen atoms in total. The zero-order valence-electron chi connectivity index (χ0n) is 44.2. The Labute approximate surface area is 455 Å². The predicted octanol–water partition coefficient (Wildman–Crippen LogP) is 11.4. The highest BCUT2D eigenvalue weighted by atomic mass is 31.3. The summed E-state index contributed by atoms with van der Waals surface area (Å²) in [6.07, 6.45) is 0. The van der Waals surface area contributed by atoms with Gasteiger partial charge in [0, 0.05) is 65.3 Å². The number of nitrogens with zero attached hydrogens (tertiary/aromatic N) is 3. The SMILES string of the molecule is C=C(C)C(=O)Nc1ccccc1P1(c2ccccc2NC(=O)C(=C)C)=NP(c2ccccc2NC(=O)C(=C)C)(c2ccccc2NC(=O)C(=C)C)=NP(c2ccccc2NC(=O)C(=C)C)(c2ccccc2NC(=O)C(=C)C)=N1. The molecule has 0 bridgehead atoms. The second kappa shape index (κ2) is 23.7. The highest BCUT2D eigenvalue weighted by Crippen LogP contribution is 2.78. The van der Waals surface area contributed by atoms with Crippen LogP contribution in [0.5, 0.6) is 0 Å². The van der Waals surface area contributed by atoms with Crippen LogP contribution in [0.25, 0.3) is 0 Å². The first kappa shape index (κ1) is 57.0. The van der Waals surface area contributed by atoms with Gasteiger partial charge in [0.2, 0.25) is 0 Å². The van der Waals surface area contributed by atoms with E-state index in [1.165, 1.54) is 0 Å². The molecule has 0 radical (unpaired) electrons. The summed E-state index contributed by atoms with van der Waals surface area (Å²) in [7, 11) is -12.9. The van der Waals surface area contributed by atoms with Gasteiger partial charge in [0.25, 0.3) is 35.4 Å². The fourth-order valence-corrected chi connectivity index (χ4v) is 23.9. The van der Waals surface area contributed by atoms with Gasteiger partial charge in [-0.2, -0.15) is 0 Å². The number of amides is 6. The van der Waals surface area contributed by atoms with Crippen molar-refractivity contribution in [3.05, 3.63) is 219 Å².